The average Bonchev–Trinajstić information content (AvgIpc) is 2.19. The van der Waals surface area contributed by atoms with Crippen LogP contribution in [-0.4, -0.2) is 10.7 Å². The first-order valence-electron chi connectivity index (χ1n) is 3.97. The van der Waals surface area contributed by atoms with Crippen LogP contribution in [-0.2, 0) is 0 Å². The van der Waals surface area contributed by atoms with Crippen LogP contribution >= 0.6 is 11.8 Å². The normalized spacial score (nSPS) is 10.2. The molecule has 0 N–H and O–H groups in total. The van der Waals surface area contributed by atoms with E-state index in [4.69, 9.17) is 5.26 Å². The van der Waals surface area contributed by atoms with Crippen molar-refractivity contribution in [2.75, 3.05) is 5.75 Å². The minimum atomic E-state index is 0.650. The van der Waals surface area contributed by atoms with Crippen molar-refractivity contribution in [3.8, 4) is 6.07 Å². The van der Waals surface area contributed by atoms with Gasteiger partial charge in [0, 0.05) is 11.9 Å². The first kappa shape index (κ1) is 9.82. The van der Waals surface area contributed by atoms with E-state index in [0.717, 1.165) is 10.8 Å². The minimum absolute atomic E-state index is 0.650. The van der Waals surface area contributed by atoms with Crippen molar-refractivity contribution in [3.05, 3.63) is 36.0 Å². The van der Waals surface area contributed by atoms with Crippen molar-refractivity contribution < 1.29 is 0 Å². The highest BCUT2D eigenvalue weighted by Gasteiger charge is 2.00. The second kappa shape index (κ2) is 5.39. The largest absolute Gasteiger partial charge is 0.249 e. The summed E-state index contributed by atoms with van der Waals surface area (Å²) in [5.74, 6) is 0.863. The van der Waals surface area contributed by atoms with Crippen LogP contribution in [0.15, 0.2) is 35.5 Å². The van der Waals surface area contributed by atoms with Gasteiger partial charge in [0.25, 0.3) is 0 Å². The summed E-state index contributed by atoms with van der Waals surface area (Å²) < 4.78 is 0. The molecule has 0 unspecified atom stereocenters. The maximum absolute atomic E-state index is 8.75. The Morgan fingerprint density at radius 3 is 3.23 bits per heavy atom. The molecule has 13 heavy (non-hydrogen) atoms. The molecule has 0 aliphatic rings. The van der Waals surface area contributed by atoms with Gasteiger partial charge >= 0.3 is 0 Å². The van der Waals surface area contributed by atoms with Gasteiger partial charge in [-0.15, -0.1) is 11.8 Å². The maximum Gasteiger partial charge on any atom is 0.114 e. The van der Waals surface area contributed by atoms with E-state index < -0.39 is 0 Å². The van der Waals surface area contributed by atoms with E-state index in [2.05, 4.69) is 11.1 Å². The summed E-state index contributed by atoms with van der Waals surface area (Å²) in [7, 11) is 0. The highest BCUT2D eigenvalue weighted by atomic mass is 32.2. The second-order valence-corrected chi connectivity index (χ2v) is 3.36. The van der Waals surface area contributed by atoms with Gasteiger partial charge in [0.15, 0.2) is 0 Å². The third-order valence-corrected chi connectivity index (χ3v) is 2.40. The van der Waals surface area contributed by atoms with Crippen molar-refractivity contribution in [2.45, 2.75) is 11.9 Å². The summed E-state index contributed by atoms with van der Waals surface area (Å²) in [4.78, 5) is 4.13. The molecular formula is C10H10N2S. The van der Waals surface area contributed by atoms with E-state index in [1.165, 1.54) is 0 Å². The van der Waals surface area contributed by atoms with E-state index >= 15 is 0 Å². The number of hydrogen-bond acceptors (Lipinski definition) is 3. The minimum Gasteiger partial charge on any atom is -0.249 e. The zero-order valence-electron chi connectivity index (χ0n) is 7.40. The summed E-state index contributed by atoms with van der Waals surface area (Å²) in [5.41, 5.74) is 0.650. The summed E-state index contributed by atoms with van der Waals surface area (Å²) >= 11 is 1.58. The summed E-state index contributed by atoms with van der Waals surface area (Å²) in [6.45, 7) is 1.98. The first-order chi connectivity index (χ1) is 6.38. The fraction of sp³-hybridized carbons (Fsp3) is 0.200. The first-order valence-corrected chi connectivity index (χ1v) is 4.96. The highest BCUT2D eigenvalue weighted by Crippen LogP contribution is 2.18. The van der Waals surface area contributed by atoms with Crippen LogP contribution in [0.1, 0.15) is 12.5 Å². The van der Waals surface area contributed by atoms with Gasteiger partial charge in [0.05, 0.1) is 5.56 Å². The number of allylic oxidation sites excluding steroid dienone is 1. The molecule has 0 aliphatic carbocycles. The molecule has 0 bridgehead atoms. The Balaban J connectivity index is 2.71. The van der Waals surface area contributed by atoms with Gasteiger partial charge in [-0.2, -0.15) is 5.26 Å². The fourth-order valence-electron chi connectivity index (χ4n) is 0.814. The molecule has 1 heterocycles. The lowest BCUT2D eigenvalue weighted by atomic mass is 10.3. The Bertz CT molecular complexity index is 339. The molecular weight excluding hydrogens is 180 g/mol. The lowest BCUT2D eigenvalue weighted by Crippen LogP contribution is -1.85. The molecule has 0 radical (unpaired) electrons. The molecule has 2 nitrogen and oxygen atoms in total. The van der Waals surface area contributed by atoms with Crippen LogP contribution < -0.4 is 0 Å². The second-order valence-electron chi connectivity index (χ2n) is 2.35. The zero-order valence-corrected chi connectivity index (χ0v) is 8.21. The predicted octanol–water partition coefficient (Wildman–Crippen LogP) is 2.62. The Morgan fingerprint density at radius 1 is 1.69 bits per heavy atom. The van der Waals surface area contributed by atoms with E-state index in [0.29, 0.717) is 5.56 Å². The lowest BCUT2D eigenvalue weighted by molar-refractivity contribution is 1.11. The van der Waals surface area contributed by atoms with E-state index in [1.54, 1.807) is 30.1 Å². The van der Waals surface area contributed by atoms with Gasteiger partial charge in [-0.1, -0.05) is 12.2 Å². The van der Waals surface area contributed by atoms with Gasteiger partial charge in [0.2, 0.25) is 0 Å². The number of aromatic nitrogens is 1. The molecule has 0 aromatic carbocycles. The molecule has 0 saturated heterocycles. The molecule has 0 saturated carbocycles. The molecule has 1 aromatic rings. The molecule has 0 atom stereocenters. The van der Waals surface area contributed by atoms with Gasteiger partial charge < -0.3 is 0 Å². The van der Waals surface area contributed by atoms with Crippen LogP contribution in [0.4, 0.5) is 0 Å². The highest BCUT2D eigenvalue weighted by molar-refractivity contribution is 7.99. The van der Waals surface area contributed by atoms with Gasteiger partial charge in [0.1, 0.15) is 11.1 Å². The third-order valence-electron chi connectivity index (χ3n) is 1.44. The Kier molecular flexibility index (Phi) is 4.07. The van der Waals surface area contributed by atoms with Gasteiger partial charge in [-0.3, -0.25) is 0 Å². The fourth-order valence-corrected chi connectivity index (χ4v) is 1.67. The van der Waals surface area contributed by atoms with Crippen molar-refractivity contribution in [2.24, 2.45) is 0 Å². The lowest BCUT2D eigenvalue weighted by Gasteiger charge is -1.98. The standard InChI is InChI=1S/C10H10N2S/c1-2-3-7-13-10-9(8-11)5-4-6-12-10/h2-6H,7H2,1H3/b3-2+. The van der Waals surface area contributed by atoms with Crippen LogP contribution in [0.25, 0.3) is 0 Å². The van der Waals surface area contributed by atoms with E-state index in [1.807, 2.05) is 19.1 Å². The van der Waals surface area contributed by atoms with Crippen molar-refractivity contribution in [1.82, 2.24) is 4.98 Å². The monoisotopic (exact) mass is 190 g/mol. The van der Waals surface area contributed by atoms with Crippen molar-refractivity contribution in [1.29, 1.82) is 5.26 Å². The molecule has 1 rings (SSSR count). The van der Waals surface area contributed by atoms with Crippen LogP contribution in [0.2, 0.25) is 0 Å². The van der Waals surface area contributed by atoms with Crippen LogP contribution in [0.3, 0.4) is 0 Å². The van der Waals surface area contributed by atoms with Gasteiger partial charge in [-0.25, -0.2) is 4.98 Å². The number of pyridine rings is 1. The van der Waals surface area contributed by atoms with Gasteiger partial charge in [-0.05, 0) is 19.1 Å². The predicted molar refractivity (Wildman–Crippen MR) is 54.5 cm³/mol. The number of nitrogens with zero attached hydrogens (tertiary/aromatic N) is 2. The Labute approximate surface area is 82.3 Å². The molecule has 66 valence electrons. The summed E-state index contributed by atoms with van der Waals surface area (Å²) in [6.07, 6.45) is 5.74. The molecule has 0 fully saturated rings. The molecule has 1 aromatic heterocycles. The molecule has 0 spiro atoms. The SMILES string of the molecule is C/C=C/CSc1ncccc1C#N. The molecule has 0 aliphatic heterocycles. The van der Waals surface area contributed by atoms with Crippen molar-refractivity contribution in [3.63, 3.8) is 0 Å². The van der Waals surface area contributed by atoms with E-state index in [9.17, 15) is 0 Å². The van der Waals surface area contributed by atoms with Crippen molar-refractivity contribution >= 4 is 11.8 Å². The number of nitriles is 1. The average molecular weight is 190 g/mol. The summed E-state index contributed by atoms with van der Waals surface area (Å²) in [6, 6.07) is 5.67. The van der Waals surface area contributed by atoms with Crippen LogP contribution in [0, 0.1) is 11.3 Å². The number of thioether (sulfide) groups is 1. The number of rotatable bonds is 3. The maximum atomic E-state index is 8.75. The molecule has 0 amide bonds. The zero-order chi connectivity index (χ0) is 9.52. The molecule has 3 heteroatoms. The quantitative estimate of drug-likeness (QED) is 0.543. The smallest absolute Gasteiger partial charge is 0.114 e. The Morgan fingerprint density at radius 2 is 2.54 bits per heavy atom. The summed E-state index contributed by atoms with van der Waals surface area (Å²) in [5, 5.41) is 9.56. The number of hydrogen-bond donors (Lipinski definition) is 0. The Hall–Kier alpha value is -1.27. The third kappa shape index (κ3) is 2.92. The van der Waals surface area contributed by atoms with Crippen LogP contribution in [0.5, 0.6) is 0 Å². The topological polar surface area (TPSA) is 36.7 Å². The van der Waals surface area contributed by atoms with E-state index in [-0.39, 0.29) is 0 Å².